The fraction of sp³-hybridized carbons (Fsp3) is 0.188. The van der Waals surface area contributed by atoms with Crippen LogP contribution in [0.4, 0.5) is 13.2 Å². The molecule has 2 N–H and O–H groups in total. The molecule has 0 aliphatic rings. The molecular formula is C16H16F3NO3. The van der Waals surface area contributed by atoms with Crippen LogP contribution >= 0.6 is 0 Å². The number of aliphatic carboxylic acids is 1. The predicted molar refractivity (Wildman–Crippen MR) is 77.6 cm³/mol. The zero-order valence-electron chi connectivity index (χ0n) is 12.1. The van der Waals surface area contributed by atoms with E-state index in [-0.39, 0.29) is 0 Å². The van der Waals surface area contributed by atoms with Gasteiger partial charge in [-0.2, -0.15) is 18.2 Å². The minimum absolute atomic E-state index is 0.551. The lowest BCUT2D eigenvalue weighted by atomic mass is 10.2. The number of nitrogens with zero attached hydrogens (tertiary/aromatic N) is 1. The molecule has 124 valence electrons. The molecular weight excluding hydrogens is 311 g/mol. The monoisotopic (exact) mass is 327 g/mol. The summed E-state index contributed by atoms with van der Waals surface area (Å²) in [4.78, 5) is 8.90. The van der Waals surface area contributed by atoms with E-state index in [0.29, 0.717) is 13.1 Å². The molecule has 2 rings (SSSR count). The molecule has 0 radical (unpaired) electrons. The third-order valence-corrected chi connectivity index (χ3v) is 2.66. The van der Waals surface area contributed by atoms with Crippen LogP contribution in [0.25, 0.3) is 0 Å². The van der Waals surface area contributed by atoms with Gasteiger partial charge in [0.2, 0.25) is 0 Å². The topological polar surface area (TPSA) is 60.8 Å². The number of alkyl halides is 3. The summed E-state index contributed by atoms with van der Waals surface area (Å²) in [5.74, 6) is -2.76. The molecule has 0 fully saturated rings. The summed E-state index contributed by atoms with van der Waals surface area (Å²) in [5.41, 5.74) is 2.22. The van der Waals surface area contributed by atoms with Crippen molar-refractivity contribution in [2.24, 2.45) is 0 Å². The normalized spacial score (nSPS) is 10.8. The van der Waals surface area contributed by atoms with Crippen LogP contribution in [-0.4, -0.2) is 27.5 Å². The van der Waals surface area contributed by atoms with Crippen molar-refractivity contribution >= 4 is 5.97 Å². The lowest BCUT2D eigenvalue weighted by Crippen LogP contribution is -2.21. The van der Waals surface area contributed by atoms with E-state index in [9.17, 15) is 18.4 Å². The van der Waals surface area contributed by atoms with Gasteiger partial charge >= 0.3 is 12.1 Å². The third kappa shape index (κ3) is 7.98. The Morgan fingerprint density at radius 2 is 1.17 bits per heavy atom. The molecule has 7 heteroatoms. The van der Waals surface area contributed by atoms with Crippen molar-refractivity contribution in [2.75, 3.05) is 0 Å². The van der Waals surface area contributed by atoms with Crippen molar-refractivity contribution in [1.82, 2.24) is 5.06 Å². The first-order chi connectivity index (χ1) is 10.8. The van der Waals surface area contributed by atoms with E-state index in [1.807, 2.05) is 60.7 Å². The summed E-state index contributed by atoms with van der Waals surface area (Å²) in [5, 5.41) is 18.2. The van der Waals surface area contributed by atoms with Crippen LogP contribution in [0, 0.1) is 0 Å². The average Bonchev–Trinajstić information content (AvgIpc) is 2.48. The van der Waals surface area contributed by atoms with Gasteiger partial charge in [0.25, 0.3) is 0 Å². The number of hydrogen-bond donors (Lipinski definition) is 2. The first-order valence-corrected chi connectivity index (χ1v) is 6.61. The van der Waals surface area contributed by atoms with Crippen molar-refractivity contribution in [1.29, 1.82) is 0 Å². The summed E-state index contributed by atoms with van der Waals surface area (Å²) in [6.07, 6.45) is -5.08. The number of carboxylic acid groups (broad SMARTS) is 1. The molecule has 0 unspecified atom stereocenters. The van der Waals surface area contributed by atoms with Gasteiger partial charge in [0.05, 0.1) is 0 Å². The van der Waals surface area contributed by atoms with Gasteiger partial charge < -0.3 is 10.3 Å². The van der Waals surface area contributed by atoms with Crippen molar-refractivity contribution in [3.63, 3.8) is 0 Å². The number of halogens is 3. The molecule has 0 atom stereocenters. The number of hydroxylamine groups is 2. The van der Waals surface area contributed by atoms with Gasteiger partial charge in [0.15, 0.2) is 0 Å². The standard InChI is InChI=1S/C14H15NO.C2HF3O2/c16-15(11-13-7-3-1-4-8-13)12-14-9-5-2-6-10-14;3-2(4,5)1(6)7/h1-10,16H,11-12H2;(H,6,7). The van der Waals surface area contributed by atoms with Crippen molar-refractivity contribution < 1.29 is 28.3 Å². The largest absolute Gasteiger partial charge is 0.490 e. The van der Waals surface area contributed by atoms with E-state index < -0.39 is 12.1 Å². The summed E-state index contributed by atoms with van der Waals surface area (Å²) >= 11 is 0. The van der Waals surface area contributed by atoms with E-state index in [1.165, 1.54) is 5.06 Å². The third-order valence-electron chi connectivity index (χ3n) is 2.66. The Kier molecular flexibility index (Phi) is 7.24. The highest BCUT2D eigenvalue weighted by atomic mass is 19.4. The Morgan fingerprint density at radius 3 is 1.43 bits per heavy atom. The summed E-state index contributed by atoms with van der Waals surface area (Å²) in [6.45, 7) is 1.10. The van der Waals surface area contributed by atoms with Gasteiger partial charge in [-0.3, -0.25) is 0 Å². The zero-order valence-corrected chi connectivity index (χ0v) is 12.1. The van der Waals surface area contributed by atoms with Crippen molar-refractivity contribution in [3.8, 4) is 0 Å². The smallest absolute Gasteiger partial charge is 0.475 e. The summed E-state index contributed by atoms with van der Waals surface area (Å²) in [7, 11) is 0. The van der Waals surface area contributed by atoms with E-state index in [0.717, 1.165) is 11.1 Å². The molecule has 0 aliphatic carbocycles. The van der Waals surface area contributed by atoms with Crippen molar-refractivity contribution in [3.05, 3.63) is 71.8 Å². The molecule has 0 saturated carbocycles. The van der Waals surface area contributed by atoms with Gasteiger partial charge in [-0.25, -0.2) is 4.79 Å². The molecule has 0 aliphatic heterocycles. The van der Waals surface area contributed by atoms with E-state index in [2.05, 4.69) is 0 Å². The highest BCUT2D eigenvalue weighted by Gasteiger charge is 2.38. The van der Waals surface area contributed by atoms with Gasteiger partial charge in [0.1, 0.15) is 0 Å². The maximum Gasteiger partial charge on any atom is 0.490 e. The van der Waals surface area contributed by atoms with Gasteiger partial charge in [-0.1, -0.05) is 60.7 Å². The summed E-state index contributed by atoms with van der Waals surface area (Å²) in [6, 6.07) is 19.9. The quantitative estimate of drug-likeness (QED) is 0.841. The van der Waals surface area contributed by atoms with E-state index in [1.54, 1.807) is 0 Å². The second kappa shape index (κ2) is 8.92. The number of hydrogen-bond acceptors (Lipinski definition) is 3. The van der Waals surface area contributed by atoms with Crippen LogP contribution < -0.4 is 0 Å². The van der Waals surface area contributed by atoms with Crippen LogP contribution in [0.1, 0.15) is 11.1 Å². The molecule has 0 bridgehead atoms. The second-order valence-electron chi connectivity index (χ2n) is 4.60. The van der Waals surface area contributed by atoms with Gasteiger partial charge in [-0.15, -0.1) is 0 Å². The van der Waals surface area contributed by atoms with Crippen LogP contribution in [0.3, 0.4) is 0 Å². The zero-order chi connectivity index (χ0) is 17.3. The molecule has 0 amide bonds. The first-order valence-electron chi connectivity index (χ1n) is 6.61. The SMILES string of the molecule is O=C(O)C(F)(F)F.ON(Cc1ccccc1)Cc1ccccc1. The molecule has 0 saturated heterocycles. The molecule has 0 aromatic heterocycles. The second-order valence-corrected chi connectivity index (χ2v) is 4.60. The van der Waals surface area contributed by atoms with E-state index in [4.69, 9.17) is 9.90 Å². The molecule has 23 heavy (non-hydrogen) atoms. The number of benzene rings is 2. The lowest BCUT2D eigenvalue weighted by Gasteiger charge is -2.14. The average molecular weight is 327 g/mol. The number of rotatable bonds is 4. The molecule has 2 aromatic carbocycles. The van der Waals surface area contributed by atoms with E-state index >= 15 is 0 Å². The Hall–Kier alpha value is -2.38. The highest BCUT2D eigenvalue weighted by Crippen LogP contribution is 2.13. The Balaban J connectivity index is 0.000000322. The molecule has 0 spiro atoms. The van der Waals surface area contributed by atoms with Gasteiger partial charge in [0, 0.05) is 13.1 Å². The van der Waals surface area contributed by atoms with Crippen LogP contribution in [-0.2, 0) is 17.9 Å². The van der Waals surface area contributed by atoms with Crippen LogP contribution in [0.2, 0.25) is 0 Å². The maximum absolute atomic E-state index is 10.6. The summed E-state index contributed by atoms with van der Waals surface area (Å²) < 4.78 is 31.7. The van der Waals surface area contributed by atoms with Crippen LogP contribution in [0.15, 0.2) is 60.7 Å². The Labute approximate surface area is 131 Å². The Morgan fingerprint density at radius 1 is 0.870 bits per heavy atom. The molecule has 4 nitrogen and oxygen atoms in total. The Bertz CT molecular complexity index is 547. The lowest BCUT2D eigenvalue weighted by molar-refractivity contribution is -0.192. The minimum Gasteiger partial charge on any atom is -0.475 e. The van der Waals surface area contributed by atoms with Gasteiger partial charge in [-0.05, 0) is 11.1 Å². The fourth-order valence-corrected chi connectivity index (χ4v) is 1.64. The maximum atomic E-state index is 10.6. The number of carboxylic acids is 1. The first kappa shape index (κ1) is 18.7. The fourth-order valence-electron chi connectivity index (χ4n) is 1.64. The molecule has 0 heterocycles. The van der Waals surface area contributed by atoms with Crippen molar-refractivity contribution in [2.45, 2.75) is 19.3 Å². The number of carbonyl (C=O) groups is 1. The predicted octanol–water partition coefficient (Wildman–Crippen LogP) is 3.71. The highest BCUT2D eigenvalue weighted by molar-refractivity contribution is 5.73. The van der Waals surface area contributed by atoms with Crippen LogP contribution in [0.5, 0.6) is 0 Å². The molecule has 2 aromatic rings. The minimum atomic E-state index is -5.08.